The molecule has 1 aromatic carbocycles. The molecule has 90 valence electrons. The van der Waals surface area contributed by atoms with Crippen LogP contribution in [0.5, 0.6) is 0 Å². The van der Waals surface area contributed by atoms with Crippen LogP contribution < -0.4 is 5.32 Å². The van der Waals surface area contributed by atoms with Gasteiger partial charge in [0, 0.05) is 22.9 Å². The summed E-state index contributed by atoms with van der Waals surface area (Å²) in [5.41, 5.74) is 1.01. The minimum atomic E-state index is 0.894. The Morgan fingerprint density at radius 3 is 2.82 bits per heavy atom. The fraction of sp³-hybridized carbons (Fsp3) is 0.308. The van der Waals surface area contributed by atoms with Crippen LogP contribution in [0.25, 0.3) is 10.9 Å². The third-order valence-corrected chi connectivity index (χ3v) is 3.19. The second-order valence-corrected chi connectivity index (χ2v) is 5.09. The highest BCUT2D eigenvalue weighted by Gasteiger charge is 2.02. The summed E-state index contributed by atoms with van der Waals surface area (Å²) in [5, 5.41) is 4.47. The van der Waals surface area contributed by atoms with Crippen LogP contribution in [0.2, 0.25) is 0 Å². The van der Waals surface area contributed by atoms with Gasteiger partial charge in [0.1, 0.15) is 5.82 Å². The van der Waals surface area contributed by atoms with Crippen molar-refractivity contribution in [1.29, 1.82) is 0 Å². The van der Waals surface area contributed by atoms with E-state index in [0.717, 1.165) is 34.3 Å². The van der Waals surface area contributed by atoms with E-state index < -0.39 is 0 Å². The fourth-order valence-corrected chi connectivity index (χ4v) is 2.18. The molecule has 0 bridgehead atoms. The highest BCUT2D eigenvalue weighted by Crippen LogP contribution is 2.25. The molecule has 0 aliphatic rings. The Labute approximate surface area is 110 Å². The molecule has 1 aromatic heterocycles. The lowest BCUT2D eigenvalue weighted by atomic mass is 10.2. The number of likely N-dealkylation sites (N-methyl/N-ethyl adjacent to an activating group) is 1. The zero-order valence-electron chi connectivity index (χ0n) is 10.1. The third kappa shape index (κ3) is 3.17. The van der Waals surface area contributed by atoms with Crippen molar-refractivity contribution in [2.45, 2.75) is 0 Å². The standard InChI is InChI=1S/C13H16BrN3/c1-17(2)8-7-15-13-9-11(14)10-5-3-4-6-12(10)16-13/h3-6,9H,7-8H2,1-2H3,(H,15,16). The van der Waals surface area contributed by atoms with Crippen LogP contribution in [0, 0.1) is 0 Å². The van der Waals surface area contributed by atoms with Crippen LogP contribution in [-0.2, 0) is 0 Å². The molecule has 4 heteroatoms. The number of aromatic nitrogens is 1. The molecule has 2 rings (SSSR count). The van der Waals surface area contributed by atoms with Crippen LogP contribution in [-0.4, -0.2) is 37.1 Å². The lowest BCUT2D eigenvalue weighted by molar-refractivity contribution is 0.425. The first-order chi connectivity index (χ1) is 8.16. The van der Waals surface area contributed by atoms with E-state index in [0.29, 0.717) is 0 Å². The van der Waals surface area contributed by atoms with Gasteiger partial charge in [-0.2, -0.15) is 0 Å². The predicted molar refractivity (Wildman–Crippen MR) is 76.5 cm³/mol. The predicted octanol–water partition coefficient (Wildman–Crippen LogP) is 2.97. The van der Waals surface area contributed by atoms with Crippen LogP contribution >= 0.6 is 15.9 Å². The molecular weight excluding hydrogens is 278 g/mol. The van der Waals surface area contributed by atoms with Crippen molar-refractivity contribution in [2.75, 3.05) is 32.5 Å². The topological polar surface area (TPSA) is 28.2 Å². The van der Waals surface area contributed by atoms with Gasteiger partial charge in [0.2, 0.25) is 0 Å². The van der Waals surface area contributed by atoms with Gasteiger partial charge in [-0.25, -0.2) is 4.98 Å². The van der Waals surface area contributed by atoms with E-state index in [1.807, 2.05) is 24.3 Å². The van der Waals surface area contributed by atoms with Crippen molar-refractivity contribution in [1.82, 2.24) is 9.88 Å². The molecular formula is C13H16BrN3. The van der Waals surface area contributed by atoms with Gasteiger partial charge in [0.05, 0.1) is 5.52 Å². The summed E-state index contributed by atoms with van der Waals surface area (Å²) in [5.74, 6) is 0.914. The van der Waals surface area contributed by atoms with Crippen LogP contribution in [0.1, 0.15) is 0 Å². The monoisotopic (exact) mass is 293 g/mol. The van der Waals surface area contributed by atoms with Crippen molar-refractivity contribution in [3.8, 4) is 0 Å². The Morgan fingerprint density at radius 1 is 1.29 bits per heavy atom. The van der Waals surface area contributed by atoms with Gasteiger partial charge in [-0.1, -0.05) is 18.2 Å². The Morgan fingerprint density at radius 2 is 2.06 bits per heavy atom. The van der Waals surface area contributed by atoms with Crippen molar-refractivity contribution < 1.29 is 0 Å². The molecule has 0 fully saturated rings. The number of hydrogen-bond acceptors (Lipinski definition) is 3. The van der Waals surface area contributed by atoms with Crippen molar-refractivity contribution in [2.24, 2.45) is 0 Å². The van der Waals surface area contributed by atoms with Gasteiger partial charge in [0.25, 0.3) is 0 Å². The van der Waals surface area contributed by atoms with Crippen LogP contribution in [0.3, 0.4) is 0 Å². The van der Waals surface area contributed by atoms with Gasteiger partial charge < -0.3 is 10.2 Å². The zero-order chi connectivity index (χ0) is 12.3. The Bertz CT molecular complexity index is 511. The Balaban J connectivity index is 2.19. The van der Waals surface area contributed by atoms with Crippen LogP contribution in [0.15, 0.2) is 34.8 Å². The van der Waals surface area contributed by atoms with E-state index in [4.69, 9.17) is 0 Å². The Kier molecular flexibility index (Phi) is 3.97. The van der Waals surface area contributed by atoms with Gasteiger partial charge in [-0.15, -0.1) is 0 Å². The minimum absolute atomic E-state index is 0.894. The average Bonchev–Trinajstić information content (AvgIpc) is 2.28. The molecule has 0 atom stereocenters. The van der Waals surface area contributed by atoms with Gasteiger partial charge in [-0.3, -0.25) is 0 Å². The van der Waals surface area contributed by atoms with E-state index in [1.165, 1.54) is 0 Å². The molecule has 17 heavy (non-hydrogen) atoms. The molecule has 0 saturated carbocycles. The molecule has 0 saturated heterocycles. The highest BCUT2D eigenvalue weighted by atomic mass is 79.9. The SMILES string of the molecule is CN(C)CCNc1cc(Br)c2ccccc2n1. The van der Waals surface area contributed by atoms with E-state index in [2.05, 4.69) is 51.3 Å². The summed E-state index contributed by atoms with van der Waals surface area (Å²) in [6, 6.07) is 10.1. The molecule has 1 N–H and O–H groups in total. The molecule has 0 aliphatic heterocycles. The molecule has 0 unspecified atom stereocenters. The smallest absolute Gasteiger partial charge is 0.127 e. The second-order valence-electron chi connectivity index (χ2n) is 4.24. The van der Waals surface area contributed by atoms with E-state index in [9.17, 15) is 0 Å². The van der Waals surface area contributed by atoms with Crippen molar-refractivity contribution >= 4 is 32.7 Å². The van der Waals surface area contributed by atoms with Gasteiger partial charge in [-0.05, 0) is 42.2 Å². The molecule has 1 heterocycles. The van der Waals surface area contributed by atoms with Gasteiger partial charge in [0.15, 0.2) is 0 Å². The van der Waals surface area contributed by atoms with Crippen LogP contribution in [0.4, 0.5) is 5.82 Å². The zero-order valence-corrected chi connectivity index (χ0v) is 11.7. The molecule has 2 aromatic rings. The fourth-order valence-electron chi connectivity index (χ4n) is 1.63. The number of benzene rings is 1. The maximum absolute atomic E-state index is 4.57. The lowest BCUT2D eigenvalue weighted by Gasteiger charge is -2.11. The number of hydrogen-bond donors (Lipinski definition) is 1. The number of nitrogens with one attached hydrogen (secondary N) is 1. The first-order valence-corrected chi connectivity index (χ1v) is 6.40. The number of rotatable bonds is 4. The van der Waals surface area contributed by atoms with E-state index >= 15 is 0 Å². The number of para-hydroxylation sites is 1. The first-order valence-electron chi connectivity index (χ1n) is 5.61. The normalized spacial score (nSPS) is 11.1. The summed E-state index contributed by atoms with van der Waals surface area (Å²) in [6.07, 6.45) is 0. The summed E-state index contributed by atoms with van der Waals surface area (Å²) in [6.45, 7) is 1.89. The van der Waals surface area contributed by atoms with Gasteiger partial charge >= 0.3 is 0 Å². The lowest BCUT2D eigenvalue weighted by Crippen LogP contribution is -2.21. The second kappa shape index (κ2) is 5.47. The number of fused-ring (bicyclic) bond motifs is 1. The quantitative estimate of drug-likeness (QED) is 0.939. The third-order valence-electron chi connectivity index (χ3n) is 2.53. The minimum Gasteiger partial charge on any atom is -0.369 e. The molecule has 0 spiro atoms. The van der Waals surface area contributed by atoms with Crippen molar-refractivity contribution in [3.05, 3.63) is 34.8 Å². The summed E-state index contributed by atoms with van der Waals surface area (Å²) < 4.78 is 1.08. The largest absolute Gasteiger partial charge is 0.369 e. The highest BCUT2D eigenvalue weighted by molar-refractivity contribution is 9.10. The summed E-state index contributed by atoms with van der Waals surface area (Å²) in [7, 11) is 4.12. The maximum Gasteiger partial charge on any atom is 0.127 e. The number of pyridine rings is 1. The first kappa shape index (κ1) is 12.3. The molecule has 0 aliphatic carbocycles. The number of nitrogens with zero attached hydrogens (tertiary/aromatic N) is 2. The molecule has 0 radical (unpaired) electrons. The molecule has 3 nitrogen and oxygen atoms in total. The van der Waals surface area contributed by atoms with E-state index in [1.54, 1.807) is 0 Å². The average molecular weight is 294 g/mol. The number of halogens is 1. The maximum atomic E-state index is 4.57. The molecule has 0 amide bonds. The van der Waals surface area contributed by atoms with Crippen molar-refractivity contribution in [3.63, 3.8) is 0 Å². The summed E-state index contributed by atoms with van der Waals surface area (Å²) >= 11 is 3.58. The summed E-state index contributed by atoms with van der Waals surface area (Å²) in [4.78, 5) is 6.72. The number of anilines is 1. The van der Waals surface area contributed by atoms with E-state index in [-0.39, 0.29) is 0 Å². The Hall–Kier alpha value is -1.13.